The minimum atomic E-state index is -3.87. The van der Waals surface area contributed by atoms with Crippen molar-refractivity contribution in [3.05, 3.63) is 41.9 Å². The molecule has 0 aliphatic carbocycles. The number of aromatic carboxylic acids is 1. The smallest absolute Gasteiger partial charge is 0.352 e. The van der Waals surface area contributed by atoms with E-state index in [0.29, 0.717) is 24.4 Å². The van der Waals surface area contributed by atoms with Crippen molar-refractivity contribution in [2.75, 3.05) is 6.61 Å². The summed E-state index contributed by atoms with van der Waals surface area (Å²) in [6, 6.07) is 7.04. The monoisotopic (exact) mass is 449 g/mol. The van der Waals surface area contributed by atoms with Crippen LogP contribution >= 0.6 is 0 Å². The van der Waals surface area contributed by atoms with Crippen molar-refractivity contribution < 1.29 is 23.1 Å². The second-order valence-corrected chi connectivity index (χ2v) is 16.1. The van der Waals surface area contributed by atoms with Crippen LogP contribution in [0.2, 0.25) is 25.7 Å². The summed E-state index contributed by atoms with van der Waals surface area (Å²) >= 11 is 0. The minimum absolute atomic E-state index is 0.0103. The number of sulfone groups is 1. The first-order valence-corrected chi connectivity index (χ1v) is 14.8. The van der Waals surface area contributed by atoms with Crippen molar-refractivity contribution in [2.45, 2.75) is 49.1 Å². The van der Waals surface area contributed by atoms with Gasteiger partial charge in [-0.3, -0.25) is 0 Å². The number of nitrogens with zero attached hydrogens (tertiary/aromatic N) is 3. The van der Waals surface area contributed by atoms with Gasteiger partial charge in [-0.25, -0.2) is 17.9 Å². The molecule has 0 unspecified atom stereocenters. The number of carbonyl (C=O) groups is 1. The number of hydrogen-bond donors (Lipinski definition) is 1. The Morgan fingerprint density at radius 2 is 1.93 bits per heavy atom. The van der Waals surface area contributed by atoms with Gasteiger partial charge in [-0.15, -0.1) is 0 Å². The van der Waals surface area contributed by atoms with E-state index in [1.807, 2.05) is 0 Å². The Kier molecular flexibility index (Phi) is 5.94. The summed E-state index contributed by atoms with van der Waals surface area (Å²) in [6.07, 6.45) is 1.61. The highest BCUT2D eigenvalue weighted by molar-refractivity contribution is 7.91. The maximum absolute atomic E-state index is 13.1. The van der Waals surface area contributed by atoms with E-state index in [9.17, 15) is 18.3 Å². The van der Waals surface area contributed by atoms with Gasteiger partial charge in [-0.1, -0.05) is 19.6 Å². The molecule has 0 bridgehead atoms. The normalized spacial score (nSPS) is 12.6. The Morgan fingerprint density at radius 1 is 1.23 bits per heavy atom. The number of ether oxygens (including phenoxy) is 1. The predicted molar refractivity (Wildman–Crippen MR) is 116 cm³/mol. The van der Waals surface area contributed by atoms with Gasteiger partial charge in [-0.2, -0.15) is 5.10 Å². The number of fused-ring (bicyclic) bond motifs is 1. The maximum atomic E-state index is 13.1. The molecule has 0 atom stereocenters. The van der Waals surface area contributed by atoms with Crippen LogP contribution in [0.3, 0.4) is 0 Å². The first-order valence-electron chi connectivity index (χ1n) is 9.60. The van der Waals surface area contributed by atoms with Crippen LogP contribution in [0.5, 0.6) is 0 Å². The molecule has 10 heteroatoms. The summed E-state index contributed by atoms with van der Waals surface area (Å²) in [4.78, 5) is 11.4. The molecule has 0 amide bonds. The van der Waals surface area contributed by atoms with Crippen LogP contribution in [-0.2, 0) is 28.4 Å². The topological polar surface area (TPSA) is 103 Å². The van der Waals surface area contributed by atoms with Crippen molar-refractivity contribution in [3.63, 3.8) is 0 Å². The van der Waals surface area contributed by atoms with E-state index in [4.69, 9.17) is 4.74 Å². The fourth-order valence-electron chi connectivity index (χ4n) is 3.14. The van der Waals surface area contributed by atoms with Crippen LogP contribution in [0.4, 0.5) is 0 Å². The summed E-state index contributed by atoms with van der Waals surface area (Å²) in [5.74, 6) is -1.17. The Morgan fingerprint density at radius 3 is 2.53 bits per heavy atom. The summed E-state index contributed by atoms with van der Waals surface area (Å²) in [5, 5.41) is 14.3. The van der Waals surface area contributed by atoms with Gasteiger partial charge in [0.15, 0.2) is 0 Å². The third-order valence-electron chi connectivity index (χ3n) is 5.13. The number of carboxylic acids is 1. The molecule has 3 aromatic rings. The molecule has 30 heavy (non-hydrogen) atoms. The Balaban J connectivity index is 1.88. The molecule has 0 radical (unpaired) electrons. The summed E-state index contributed by atoms with van der Waals surface area (Å²) < 4.78 is 35.1. The molecule has 1 aromatic carbocycles. The van der Waals surface area contributed by atoms with Gasteiger partial charge >= 0.3 is 5.97 Å². The third kappa shape index (κ3) is 4.35. The Bertz CT molecular complexity index is 1210. The van der Waals surface area contributed by atoms with E-state index >= 15 is 0 Å². The zero-order chi connectivity index (χ0) is 22.3. The lowest BCUT2D eigenvalue weighted by Crippen LogP contribution is -2.22. The van der Waals surface area contributed by atoms with Gasteiger partial charge in [-0.05, 0) is 37.2 Å². The van der Waals surface area contributed by atoms with Crippen LogP contribution in [0.15, 0.2) is 40.3 Å². The molecular formula is C20H27N3O5SSi. The molecule has 0 saturated carbocycles. The number of hydrogen-bond acceptors (Lipinski definition) is 5. The molecule has 2 aromatic heterocycles. The highest BCUT2D eigenvalue weighted by atomic mass is 32.2. The third-order valence-corrected chi connectivity index (χ3v) is 8.70. The average molecular weight is 450 g/mol. The zero-order valence-corrected chi connectivity index (χ0v) is 19.7. The van der Waals surface area contributed by atoms with E-state index in [0.717, 1.165) is 11.6 Å². The van der Waals surface area contributed by atoms with E-state index < -0.39 is 23.9 Å². The second-order valence-electron chi connectivity index (χ2n) is 8.56. The van der Waals surface area contributed by atoms with E-state index in [2.05, 4.69) is 24.7 Å². The largest absolute Gasteiger partial charge is 0.477 e. The quantitative estimate of drug-likeness (QED) is 0.417. The predicted octanol–water partition coefficient (Wildman–Crippen LogP) is 3.53. The van der Waals surface area contributed by atoms with Crippen LogP contribution in [0.25, 0.3) is 10.9 Å². The van der Waals surface area contributed by atoms with Gasteiger partial charge in [0.25, 0.3) is 0 Å². The van der Waals surface area contributed by atoms with Crippen LogP contribution in [0.1, 0.15) is 16.2 Å². The van der Waals surface area contributed by atoms with Crippen LogP contribution < -0.4 is 0 Å². The van der Waals surface area contributed by atoms with Crippen molar-refractivity contribution in [2.24, 2.45) is 7.05 Å². The van der Waals surface area contributed by atoms with Crippen molar-refractivity contribution in [1.29, 1.82) is 0 Å². The van der Waals surface area contributed by atoms with Gasteiger partial charge in [0.1, 0.15) is 12.4 Å². The number of rotatable bonds is 8. The minimum Gasteiger partial charge on any atom is -0.477 e. The molecule has 0 spiro atoms. The molecule has 0 aliphatic rings. The lowest BCUT2D eigenvalue weighted by atomic mass is 10.2. The molecule has 8 nitrogen and oxygen atoms in total. The first kappa shape index (κ1) is 22.3. The summed E-state index contributed by atoms with van der Waals surface area (Å²) in [5.41, 5.74) is 1.08. The van der Waals surface area contributed by atoms with Crippen molar-refractivity contribution in [3.8, 4) is 0 Å². The zero-order valence-electron chi connectivity index (χ0n) is 17.8. The Labute approximate surface area is 177 Å². The number of benzene rings is 1. The molecule has 3 rings (SSSR count). The molecular weight excluding hydrogens is 422 g/mol. The van der Waals surface area contributed by atoms with E-state index in [1.54, 1.807) is 29.9 Å². The molecule has 0 aliphatic heterocycles. The lowest BCUT2D eigenvalue weighted by molar-refractivity contribution is 0.0686. The molecule has 1 N–H and O–H groups in total. The highest BCUT2D eigenvalue weighted by Gasteiger charge is 2.26. The van der Waals surface area contributed by atoms with Crippen LogP contribution in [0, 0.1) is 6.92 Å². The van der Waals surface area contributed by atoms with Gasteiger partial charge < -0.3 is 14.4 Å². The number of aromatic nitrogens is 3. The fourth-order valence-corrected chi connectivity index (χ4v) is 5.47. The first-order chi connectivity index (χ1) is 13.9. The highest BCUT2D eigenvalue weighted by Crippen LogP contribution is 2.28. The molecule has 0 saturated heterocycles. The standard InChI is InChI=1S/C20H27N3O5SSi/c1-14-19(11-18(20(24)25)22(14)2)29(26,27)16-6-7-17-15(10-16)12-21-23(17)13-28-8-9-30(3,4)5/h6-7,10-12H,8-9,13H2,1-5H3,(H,24,25). The van der Waals surface area contributed by atoms with Gasteiger partial charge in [0.2, 0.25) is 9.84 Å². The SMILES string of the molecule is Cc1c(S(=O)(=O)c2ccc3c(cnn3COCC[Si](C)(C)C)c2)cc(C(=O)O)n1C. The maximum Gasteiger partial charge on any atom is 0.352 e. The molecule has 0 fully saturated rings. The Hall–Kier alpha value is -2.43. The number of carboxylic acid groups (broad SMARTS) is 1. The van der Waals surface area contributed by atoms with Crippen molar-refractivity contribution in [1.82, 2.24) is 14.3 Å². The lowest BCUT2D eigenvalue weighted by Gasteiger charge is -2.15. The van der Waals surface area contributed by atoms with Gasteiger partial charge in [0.05, 0.1) is 21.5 Å². The van der Waals surface area contributed by atoms with E-state index in [1.165, 1.54) is 23.7 Å². The van der Waals surface area contributed by atoms with Crippen LogP contribution in [-0.4, -0.2) is 48.5 Å². The summed E-state index contributed by atoms with van der Waals surface area (Å²) in [7, 11) is -3.50. The van der Waals surface area contributed by atoms with Gasteiger partial charge in [0, 0.05) is 32.8 Å². The average Bonchev–Trinajstić information content (AvgIpc) is 3.19. The molecule has 2 heterocycles. The molecule has 162 valence electrons. The summed E-state index contributed by atoms with van der Waals surface area (Å²) in [6.45, 7) is 9.43. The fraction of sp³-hybridized carbons (Fsp3) is 0.400. The second kappa shape index (κ2) is 8.01. The van der Waals surface area contributed by atoms with E-state index in [-0.39, 0.29) is 15.5 Å². The van der Waals surface area contributed by atoms with Crippen molar-refractivity contribution >= 4 is 34.8 Å².